The van der Waals surface area contributed by atoms with Crippen molar-refractivity contribution in [3.63, 3.8) is 0 Å². The first-order valence-electron chi connectivity index (χ1n) is 7.29. The van der Waals surface area contributed by atoms with E-state index in [1.807, 2.05) is 34.6 Å². The predicted octanol–water partition coefficient (Wildman–Crippen LogP) is 3.19. The lowest BCUT2D eigenvalue weighted by atomic mass is 10.1. The molecule has 112 valence electrons. The predicted molar refractivity (Wildman–Crippen MR) is 90.0 cm³/mol. The third-order valence-corrected chi connectivity index (χ3v) is 4.20. The quantitative estimate of drug-likeness (QED) is 0.536. The van der Waals surface area contributed by atoms with Crippen molar-refractivity contribution in [2.75, 3.05) is 0 Å². The fourth-order valence-electron chi connectivity index (χ4n) is 3.02. The maximum absolute atomic E-state index is 5.71. The lowest BCUT2D eigenvalue weighted by Crippen LogP contribution is -2.33. The Hall–Kier alpha value is -2.20. The van der Waals surface area contributed by atoms with Gasteiger partial charge in [-0.3, -0.25) is 0 Å². The number of aromatic nitrogens is 3. The van der Waals surface area contributed by atoms with E-state index in [0.29, 0.717) is 0 Å². The van der Waals surface area contributed by atoms with Crippen LogP contribution in [0, 0.1) is 20.8 Å². The number of hydrogen-bond acceptors (Lipinski definition) is 2. The smallest absolute Gasteiger partial charge is 0.178 e. The molecule has 0 bridgehead atoms. The van der Waals surface area contributed by atoms with E-state index < -0.39 is 0 Å². The highest BCUT2D eigenvalue weighted by Crippen LogP contribution is 2.25. The molecule has 0 spiro atoms. The molecule has 0 aliphatic carbocycles. The zero-order valence-electron chi connectivity index (χ0n) is 13.3. The second-order valence-corrected chi connectivity index (χ2v) is 6.08. The summed E-state index contributed by atoms with van der Waals surface area (Å²) in [5.41, 5.74) is 6.76. The van der Waals surface area contributed by atoms with Gasteiger partial charge in [-0.1, -0.05) is 48.0 Å². The molecule has 0 unspecified atom stereocenters. The summed E-state index contributed by atoms with van der Waals surface area (Å²) in [4.78, 5) is 0. The highest BCUT2D eigenvalue weighted by Gasteiger charge is 2.21. The Bertz CT molecular complexity index is 812. The molecule has 22 heavy (non-hydrogen) atoms. The molecular formula is C18H19N3S. The van der Waals surface area contributed by atoms with Gasteiger partial charge < -0.3 is 12.6 Å². The van der Waals surface area contributed by atoms with Crippen LogP contribution in [0.1, 0.15) is 16.7 Å². The molecule has 0 radical (unpaired) electrons. The summed E-state index contributed by atoms with van der Waals surface area (Å²) in [5.74, 6) is 0. The highest BCUT2D eigenvalue weighted by molar-refractivity contribution is 7.58. The van der Waals surface area contributed by atoms with E-state index in [-0.39, 0.29) is 0 Å². The number of rotatable bonds is 2. The maximum atomic E-state index is 5.71. The molecule has 2 aromatic carbocycles. The van der Waals surface area contributed by atoms with Crippen molar-refractivity contribution in [2.45, 2.75) is 25.8 Å². The SMILES string of the molecule is Cc1cc(C)c(-n2n[n+](C)c(-c3ccccc3)c2[S-])c(C)c1. The summed E-state index contributed by atoms with van der Waals surface area (Å²) in [6, 6.07) is 14.5. The van der Waals surface area contributed by atoms with Gasteiger partial charge in [0, 0.05) is 5.56 Å². The fraction of sp³-hybridized carbons (Fsp3) is 0.222. The van der Waals surface area contributed by atoms with E-state index in [1.165, 1.54) is 16.7 Å². The van der Waals surface area contributed by atoms with Gasteiger partial charge in [-0.25, -0.2) is 0 Å². The Labute approximate surface area is 136 Å². The van der Waals surface area contributed by atoms with Crippen molar-refractivity contribution >= 4 is 12.6 Å². The first kappa shape index (κ1) is 14.7. The van der Waals surface area contributed by atoms with Crippen LogP contribution in [-0.4, -0.2) is 9.90 Å². The molecule has 0 saturated heterocycles. The van der Waals surface area contributed by atoms with Crippen LogP contribution in [0.3, 0.4) is 0 Å². The number of aryl methyl sites for hydroxylation is 4. The topological polar surface area (TPSA) is 21.7 Å². The molecule has 3 aromatic rings. The van der Waals surface area contributed by atoms with Gasteiger partial charge >= 0.3 is 0 Å². The van der Waals surface area contributed by atoms with Gasteiger partial charge in [-0.15, -0.1) is 9.36 Å². The molecule has 3 rings (SSSR count). The Balaban J connectivity index is 2.24. The molecule has 0 aliphatic heterocycles. The van der Waals surface area contributed by atoms with Crippen LogP contribution < -0.4 is 4.68 Å². The van der Waals surface area contributed by atoms with E-state index in [2.05, 4.69) is 50.3 Å². The van der Waals surface area contributed by atoms with Crippen LogP contribution in [0.2, 0.25) is 0 Å². The van der Waals surface area contributed by atoms with E-state index in [4.69, 9.17) is 12.6 Å². The summed E-state index contributed by atoms with van der Waals surface area (Å²) < 4.78 is 3.73. The number of benzene rings is 2. The van der Waals surface area contributed by atoms with Crippen molar-refractivity contribution in [2.24, 2.45) is 7.05 Å². The van der Waals surface area contributed by atoms with Gasteiger partial charge in [0.25, 0.3) is 0 Å². The average Bonchev–Trinajstić information content (AvgIpc) is 2.74. The van der Waals surface area contributed by atoms with E-state index in [0.717, 1.165) is 22.0 Å². The van der Waals surface area contributed by atoms with E-state index in [9.17, 15) is 0 Å². The van der Waals surface area contributed by atoms with Crippen molar-refractivity contribution in [3.05, 3.63) is 59.2 Å². The van der Waals surface area contributed by atoms with Crippen LogP contribution >= 0.6 is 0 Å². The van der Waals surface area contributed by atoms with Crippen LogP contribution in [0.4, 0.5) is 0 Å². The Morgan fingerprint density at radius 2 is 1.59 bits per heavy atom. The zero-order chi connectivity index (χ0) is 15.9. The summed E-state index contributed by atoms with van der Waals surface area (Å²) in [7, 11) is 1.94. The van der Waals surface area contributed by atoms with Gasteiger partial charge in [0.05, 0.1) is 10.2 Å². The molecule has 4 heteroatoms. The van der Waals surface area contributed by atoms with Crippen molar-refractivity contribution < 1.29 is 4.68 Å². The molecule has 0 aliphatic rings. The third-order valence-electron chi connectivity index (χ3n) is 3.84. The minimum Gasteiger partial charge on any atom is -0.730 e. The van der Waals surface area contributed by atoms with Gasteiger partial charge in [0.1, 0.15) is 7.05 Å². The number of hydrogen-bond donors (Lipinski definition) is 0. The van der Waals surface area contributed by atoms with Crippen molar-refractivity contribution in [1.82, 2.24) is 9.90 Å². The van der Waals surface area contributed by atoms with Gasteiger partial charge in [-0.05, 0) is 31.9 Å². The van der Waals surface area contributed by atoms with E-state index in [1.54, 1.807) is 0 Å². The minimum absolute atomic E-state index is 0.740. The summed E-state index contributed by atoms with van der Waals surface area (Å²) in [6.45, 7) is 6.32. The summed E-state index contributed by atoms with van der Waals surface area (Å²) >= 11 is 5.71. The molecule has 0 atom stereocenters. The monoisotopic (exact) mass is 309 g/mol. The van der Waals surface area contributed by atoms with Gasteiger partial charge in [0.15, 0.2) is 11.4 Å². The molecule has 1 aromatic heterocycles. The largest absolute Gasteiger partial charge is 0.730 e. The first-order chi connectivity index (χ1) is 10.5. The highest BCUT2D eigenvalue weighted by atomic mass is 32.1. The summed E-state index contributed by atoms with van der Waals surface area (Å²) in [6.07, 6.45) is 0. The van der Waals surface area contributed by atoms with Crippen molar-refractivity contribution in [3.8, 4) is 16.9 Å². The normalized spacial score (nSPS) is 10.9. The van der Waals surface area contributed by atoms with Gasteiger partial charge in [-0.2, -0.15) is 0 Å². The third kappa shape index (κ3) is 2.40. The average molecular weight is 309 g/mol. The molecule has 1 heterocycles. The minimum atomic E-state index is 0.740. The van der Waals surface area contributed by atoms with E-state index >= 15 is 0 Å². The van der Waals surface area contributed by atoms with Gasteiger partial charge in [0.2, 0.25) is 0 Å². The molecule has 0 N–H and O–H groups in total. The lowest BCUT2D eigenvalue weighted by Gasteiger charge is -2.10. The second kappa shape index (κ2) is 5.54. The lowest BCUT2D eigenvalue weighted by molar-refractivity contribution is -0.722. The fourth-order valence-corrected chi connectivity index (χ4v) is 3.40. The first-order valence-corrected chi connectivity index (χ1v) is 7.70. The molecule has 0 amide bonds. The Morgan fingerprint density at radius 1 is 1.00 bits per heavy atom. The standard InChI is InChI=1S/C18H19N3S/c1-12-10-13(2)16(14(3)11-12)21-18(22)17(20(4)19-21)15-8-6-5-7-9-15/h5-11H,1-4H3. The Morgan fingerprint density at radius 3 is 2.18 bits per heavy atom. The Kier molecular flexibility index (Phi) is 3.71. The molecular weight excluding hydrogens is 290 g/mol. The molecule has 0 fully saturated rings. The van der Waals surface area contributed by atoms with Crippen LogP contribution in [0.25, 0.3) is 16.9 Å². The zero-order valence-corrected chi connectivity index (χ0v) is 14.1. The molecule has 3 nitrogen and oxygen atoms in total. The second-order valence-electron chi connectivity index (χ2n) is 5.69. The summed E-state index contributed by atoms with van der Waals surface area (Å²) in [5, 5.41) is 5.38. The maximum Gasteiger partial charge on any atom is 0.178 e. The number of nitrogens with zero attached hydrogens (tertiary/aromatic N) is 3. The van der Waals surface area contributed by atoms with Crippen molar-refractivity contribution in [1.29, 1.82) is 0 Å². The van der Waals surface area contributed by atoms with Crippen LogP contribution in [-0.2, 0) is 19.7 Å². The van der Waals surface area contributed by atoms with Crippen LogP contribution in [0.5, 0.6) is 0 Å². The molecule has 0 saturated carbocycles. The van der Waals surface area contributed by atoms with Crippen LogP contribution in [0.15, 0.2) is 47.5 Å².